The minimum atomic E-state index is -0.789. The van der Waals surface area contributed by atoms with Crippen LogP contribution in [0.3, 0.4) is 0 Å². The second kappa shape index (κ2) is 52.9. The van der Waals surface area contributed by atoms with Gasteiger partial charge in [-0.15, -0.1) is 0 Å². The number of hydrogen-bond donors (Lipinski definition) is 0. The summed E-state index contributed by atoms with van der Waals surface area (Å²) in [7, 11) is 0. The largest absolute Gasteiger partial charge is 0.462 e. The first-order chi connectivity index (χ1) is 32.0. The van der Waals surface area contributed by atoms with Crippen molar-refractivity contribution in [3.8, 4) is 0 Å². The van der Waals surface area contributed by atoms with E-state index in [1.165, 1.54) is 64.2 Å². The van der Waals surface area contributed by atoms with Crippen molar-refractivity contribution < 1.29 is 28.6 Å². The van der Waals surface area contributed by atoms with Crippen molar-refractivity contribution in [3.63, 3.8) is 0 Å². The number of carbonyl (C=O) groups is 3. The molecule has 0 heterocycles. The standard InChI is InChI=1S/C59H98O6/c1-4-7-10-13-16-19-21-23-25-26-27-28-29-30-31-32-34-35-37-40-43-46-49-52-58(61)64-55-56(54-63-57(60)51-48-45-42-39-18-15-12-9-6-3)65-59(62)53-50-47-44-41-38-36-33-24-22-20-17-14-11-8-5-2/h7-8,10-11,16-17,19-20,23-25,27-28,30-31,33,56H,4-6,9,12-15,18,21-22,26,29,32,34-55H2,1-3H3/b10-7-,11-8-,19-16-,20-17-,25-23-,28-27-,31-30-,33-24-. The molecule has 0 bridgehead atoms. The van der Waals surface area contributed by atoms with E-state index in [0.717, 1.165) is 135 Å². The van der Waals surface area contributed by atoms with Crippen LogP contribution in [0.5, 0.6) is 0 Å². The van der Waals surface area contributed by atoms with E-state index in [0.29, 0.717) is 19.3 Å². The van der Waals surface area contributed by atoms with E-state index >= 15 is 0 Å². The van der Waals surface area contributed by atoms with Gasteiger partial charge in [-0.3, -0.25) is 14.4 Å². The lowest BCUT2D eigenvalue weighted by Gasteiger charge is -2.18. The Labute approximate surface area is 400 Å². The molecule has 0 aliphatic rings. The number of rotatable bonds is 47. The van der Waals surface area contributed by atoms with E-state index in [1.54, 1.807) is 0 Å². The first-order valence-electron chi connectivity index (χ1n) is 26.7. The Morgan fingerprint density at radius 2 is 0.600 bits per heavy atom. The molecule has 65 heavy (non-hydrogen) atoms. The molecule has 0 aliphatic carbocycles. The summed E-state index contributed by atoms with van der Waals surface area (Å²) >= 11 is 0. The predicted octanol–water partition coefficient (Wildman–Crippen LogP) is 17.8. The Hall–Kier alpha value is -3.67. The van der Waals surface area contributed by atoms with Crippen LogP contribution in [0.1, 0.15) is 239 Å². The molecule has 0 aliphatic heterocycles. The number of unbranched alkanes of at least 4 members (excludes halogenated alkanes) is 20. The van der Waals surface area contributed by atoms with E-state index in [-0.39, 0.29) is 31.1 Å². The van der Waals surface area contributed by atoms with Crippen molar-refractivity contribution in [2.75, 3.05) is 13.2 Å². The van der Waals surface area contributed by atoms with Gasteiger partial charge in [0.25, 0.3) is 0 Å². The maximum absolute atomic E-state index is 12.8. The van der Waals surface area contributed by atoms with Gasteiger partial charge in [0.15, 0.2) is 6.10 Å². The fraction of sp³-hybridized carbons (Fsp3) is 0.678. The molecule has 0 aromatic rings. The molecule has 0 N–H and O–H groups in total. The fourth-order valence-electron chi connectivity index (χ4n) is 7.13. The first kappa shape index (κ1) is 61.3. The molecule has 0 saturated carbocycles. The van der Waals surface area contributed by atoms with Gasteiger partial charge in [-0.25, -0.2) is 0 Å². The average Bonchev–Trinajstić information content (AvgIpc) is 3.30. The van der Waals surface area contributed by atoms with Gasteiger partial charge in [-0.2, -0.15) is 0 Å². The highest BCUT2D eigenvalue weighted by molar-refractivity contribution is 5.71. The Bertz CT molecular complexity index is 1310. The van der Waals surface area contributed by atoms with Crippen molar-refractivity contribution in [1.82, 2.24) is 0 Å². The van der Waals surface area contributed by atoms with E-state index in [1.807, 2.05) is 0 Å². The molecule has 0 rings (SSSR count). The van der Waals surface area contributed by atoms with Gasteiger partial charge >= 0.3 is 17.9 Å². The molecule has 0 spiro atoms. The molecule has 0 fully saturated rings. The van der Waals surface area contributed by atoms with Gasteiger partial charge in [0.2, 0.25) is 0 Å². The van der Waals surface area contributed by atoms with Crippen molar-refractivity contribution >= 4 is 17.9 Å². The summed E-state index contributed by atoms with van der Waals surface area (Å²) in [6, 6.07) is 0. The van der Waals surface area contributed by atoms with E-state index in [2.05, 4.69) is 118 Å². The third-order valence-electron chi connectivity index (χ3n) is 11.1. The van der Waals surface area contributed by atoms with Gasteiger partial charge in [-0.1, -0.05) is 221 Å². The van der Waals surface area contributed by atoms with Crippen LogP contribution in [-0.4, -0.2) is 37.2 Å². The SMILES string of the molecule is CC/C=C\C/C=C\C/C=C\C/C=C\C/C=C\CCCCCCCCCC(=O)OCC(COC(=O)CCCCCCCCCCC)OC(=O)CCCCCCC/C=C\C/C=C\C/C=C\CC. The molecule has 6 heteroatoms. The second-order valence-electron chi connectivity index (χ2n) is 17.4. The van der Waals surface area contributed by atoms with Crippen LogP contribution in [0.25, 0.3) is 0 Å². The molecule has 0 radical (unpaired) electrons. The monoisotopic (exact) mass is 903 g/mol. The Morgan fingerprint density at radius 1 is 0.323 bits per heavy atom. The first-order valence-corrected chi connectivity index (χ1v) is 26.7. The molecule has 0 amide bonds. The maximum atomic E-state index is 12.8. The normalized spacial score (nSPS) is 12.8. The maximum Gasteiger partial charge on any atom is 0.306 e. The third-order valence-corrected chi connectivity index (χ3v) is 11.1. The molecular formula is C59H98O6. The van der Waals surface area contributed by atoms with Crippen LogP contribution in [-0.2, 0) is 28.6 Å². The minimum absolute atomic E-state index is 0.0877. The second-order valence-corrected chi connectivity index (χ2v) is 17.4. The number of ether oxygens (including phenoxy) is 3. The van der Waals surface area contributed by atoms with Crippen LogP contribution in [0.15, 0.2) is 97.2 Å². The summed E-state index contributed by atoms with van der Waals surface area (Å²) in [5.74, 6) is -0.920. The van der Waals surface area contributed by atoms with Crippen LogP contribution < -0.4 is 0 Å². The smallest absolute Gasteiger partial charge is 0.306 e. The zero-order valence-electron chi connectivity index (χ0n) is 42.2. The minimum Gasteiger partial charge on any atom is -0.462 e. The average molecular weight is 903 g/mol. The number of hydrogen-bond acceptors (Lipinski definition) is 6. The van der Waals surface area contributed by atoms with Gasteiger partial charge in [0, 0.05) is 19.3 Å². The van der Waals surface area contributed by atoms with Gasteiger partial charge < -0.3 is 14.2 Å². The molecule has 1 atom stereocenters. The predicted molar refractivity (Wildman–Crippen MR) is 279 cm³/mol. The van der Waals surface area contributed by atoms with Crippen LogP contribution in [0.4, 0.5) is 0 Å². The molecule has 6 nitrogen and oxygen atoms in total. The van der Waals surface area contributed by atoms with Crippen LogP contribution >= 0.6 is 0 Å². The highest BCUT2D eigenvalue weighted by Gasteiger charge is 2.19. The molecule has 370 valence electrons. The number of allylic oxidation sites excluding steroid dienone is 16. The topological polar surface area (TPSA) is 78.9 Å². The highest BCUT2D eigenvalue weighted by Crippen LogP contribution is 2.14. The summed E-state index contributed by atoms with van der Waals surface area (Å²) < 4.78 is 16.8. The molecule has 0 saturated heterocycles. The lowest BCUT2D eigenvalue weighted by atomic mass is 10.1. The Kier molecular flexibility index (Phi) is 50.0. The van der Waals surface area contributed by atoms with Crippen LogP contribution in [0, 0.1) is 0 Å². The molecule has 1 unspecified atom stereocenters. The molecular weight excluding hydrogens is 805 g/mol. The summed E-state index contributed by atoms with van der Waals surface area (Å²) in [6.45, 7) is 6.36. The Morgan fingerprint density at radius 3 is 0.938 bits per heavy atom. The fourth-order valence-corrected chi connectivity index (χ4v) is 7.13. The van der Waals surface area contributed by atoms with Gasteiger partial charge in [-0.05, 0) is 96.3 Å². The number of esters is 3. The lowest BCUT2D eigenvalue weighted by Crippen LogP contribution is -2.30. The zero-order valence-corrected chi connectivity index (χ0v) is 42.2. The zero-order chi connectivity index (χ0) is 47.2. The van der Waals surface area contributed by atoms with Crippen molar-refractivity contribution in [2.45, 2.75) is 245 Å². The Balaban J connectivity index is 4.33. The summed E-state index contributed by atoms with van der Waals surface area (Å²) in [5, 5.41) is 0. The highest BCUT2D eigenvalue weighted by atomic mass is 16.6. The lowest BCUT2D eigenvalue weighted by molar-refractivity contribution is -0.167. The summed E-state index contributed by atoms with van der Waals surface area (Å²) in [4.78, 5) is 37.9. The van der Waals surface area contributed by atoms with Crippen molar-refractivity contribution in [3.05, 3.63) is 97.2 Å². The van der Waals surface area contributed by atoms with Gasteiger partial charge in [0.1, 0.15) is 13.2 Å². The number of carbonyl (C=O) groups excluding carboxylic acids is 3. The van der Waals surface area contributed by atoms with E-state index < -0.39 is 6.10 Å². The van der Waals surface area contributed by atoms with Gasteiger partial charge in [0.05, 0.1) is 0 Å². The van der Waals surface area contributed by atoms with Crippen LogP contribution in [0.2, 0.25) is 0 Å². The quantitative estimate of drug-likeness (QED) is 0.0262. The molecule has 0 aromatic carbocycles. The van der Waals surface area contributed by atoms with Crippen molar-refractivity contribution in [2.24, 2.45) is 0 Å². The summed E-state index contributed by atoms with van der Waals surface area (Å²) in [6.07, 6.45) is 69.7. The summed E-state index contributed by atoms with van der Waals surface area (Å²) in [5.41, 5.74) is 0. The van der Waals surface area contributed by atoms with E-state index in [4.69, 9.17) is 14.2 Å². The third kappa shape index (κ3) is 51.2. The molecule has 0 aromatic heterocycles. The van der Waals surface area contributed by atoms with Crippen molar-refractivity contribution in [1.29, 1.82) is 0 Å². The van der Waals surface area contributed by atoms with E-state index in [9.17, 15) is 14.4 Å².